The van der Waals surface area contributed by atoms with Gasteiger partial charge in [-0.05, 0) is 43.8 Å². The van der Waals surface area contributed by atoms with E-state index in [0.717, 1.165) is 10.0 Å². The lowest BCUT2D eigenvalue weighted by atomic mass is 9.87. The second-order valence-electron chi connectivity index (χ2n) is 4.63. The summed E-state index contributed by atoms with van der Waals surface area (Å²) in [6.45, 7) is 4.30. The smallest absolute Gasteiger partial charge is 0.314 e. The zero-order valence-electron chi connectivity index (χ0n) is 11.2. The second-order valence-corrected chi connectivity index (χ2v) is 5.91. The van der Waals surface area contributed by atoms with Crippen LogP contribution in [0.25, 0.3) is 0 Å². The van der Waals surface area contributed by atoms with Crippen molar-refractivity contribution < 1.29 is 9.90 Å². The van der Waals surface area contributed by atoms with E-state index in [0.29, 0.717) is 17.4 Å². The van der Waals surface area contributed by atoms with E-state index in [1.165, 1.54) is 0 Å². The van der Waals surface area contributed by atoms with Crippen molar-refractivity contribution in [3.8, 4) is 0 Å². The molecule has 20 heavy (non-hydrogen) atoms. The highest BCUT2D eigenvalue weighted by Crippen LogP contribution is 2.34. The Labute approximate surface area is 131 Å². The zero-order valence-corrected chi connectivity index (χ0v) is 13.6. The molecule has 0 aromatic heterocycles. The molecule has 0 spiro atoms. The van der Waals surface area contributed by atoms with E-state index >= 15 is 0 Å². The van der Waals surface area contributed by atoms with Gasteiger partial charge in [0, 0.05) is 16.7 Å². The molecule has 1 heterocycles. The highest BCUT2D eigenvalue weighted by molar-refractivity contribution is 9.10. The number of halogens is 1. The normalized spacial score (nSPS) is 22.6. The van der Waals surface area contributed by atoms with Crippen LogP contribution in [0.5, 0.6) is 0 Å². The molecule has 1 N–H and O–H groups in total. The van der Waals surface area contributed by atoms with Gasteiger partial charge in [0.25, 0.3) is 0 Å². The Morgan fingerprint density at radius 3 is 2.55 bits per heavy atom. The number of hydrogen-bond acceptors (Lipinski definition) is 2. The molecule has 106 valence electrons. The largest absolute Gasteiger partial charge is 0.481 e. The predicted molar refractivity (Wildman–Crippen MR) is 86.1 cm³/mol. The molecule has 0 radical (unpaired) electrons. The lowest BCUT2D eigenvalue weighted by molar-refractivity contribution is -0.141. The van der Waals surface area contributed by atoms with Gasteiger partial charge in [0.15, 0.2) is 5.11 Å². The van der Waals surface area contributed by atoms with E-state index in [9.17, 15) is 9.90 Å². The molecule has 0 bridgehead atoms. The molecule has 0 amide bonds. The highest BCUT2D eigenvalue weighted by Gasteiger charge is 2.40. The summed E-state index contributed by atoms with van der Waals surface area (Å²) in [5.74, 6) is -1.55. The molecule has 4 nitrogen and oxygen atoms in total. The minimum absolute atomic E-state index is 0.310. The van der Waals surface area contributed by atoms with Gasteiger partial charge in [-0.3, -0.25) is 4.79 Å². The van der Waals surface area contributed by atoms with E-state index in [2.05, 4.69) is 20.9 Å². The minimum atomic E-state index is -0.875. The number of nitrogens with zero attached hydrogens (tertiary/aromatic N) is 2. The predicted octanol–water partition coefficient (Wildman–Crippen LogP) is 3.27. The molecule has 2 rings (SSSR count). The summed E-state index contributed by atoms with van der Waals surface area (Å²) in [5, 5.41) is 9.99. The zero-order chi connectivity index (χ0) is 14.9. The molecule has 2 atom stereocenters. The van der Waals surface area contributed by atoms with Gasteiger partial charge in [-0.25, -0.2) is 4.99 Å². The summed E-state index contributed by atoms with van der Waals surface area (Å²) in [6.07, 6.45) is 0. The Hall–Kier alpha value is -1.27. The first-order chi connectivity index (χ1) is 9.45. The maximum Gasteiger partial charge on any atom is 0.314 e. The summed E-state index contributed by atoms with van der Waals surface area (Å²) in [4.78, 5) is 17.7. The van der Waals surface area contributed by atoms with Crippen molar-refractivity contribution in [2.75, 3.05) is 6.54 Å². The lowest BCUT2D eigenvalue weighted by Crippen LogP contribution is -2.46. The van der Waals surface area contributed by atoms with Crippen LogP contribution in [0.15, 0.2) is 33.7 Å². The average Bonchev–Trinajstić information content (AvgIpc) is 2.38. The quantitative estimate of drug-likeness (QED) is 0.846. The Morgan fingerprint density at radius 2 is 2.05 bits per heavy atom. The van der Waals surface area contributed by atoms with Gasteiger partial charge in [0.05, 0.1) is 6.04 Å². The van der Waals surface area contributed by atoms with E-state index < -0.39 is 11.9 Å². The first-order valence-electron chi connectivity index (χ1n) is 6.29. The molecule has 1 aromatic rings. The first-order valence-corrected chi connectivity index (χ1v) is 7.50. The van der Waals surface area contributed by atoms with E-state index in [1.54, 1.807) is 6.92 Å². The van der Waals surface area contributed by atoms with Crippen molar-refractivity contribution in [1.82, 2.24) is 4.90 Å². The number of carboxylic acids is 1. The van der Waals surface area contributed by atoms with Crippen LogP contribution in [0.2, 0.25) is 0 Å². The van der Waals surface area contributed by atoms with E-state index in [-0.39, 0.29) is 6.04 Å². The topological polar surface area (TPSA) is 52.9 Å². The molecule has 0 fully saturated rings. The Morgan fingerprint density at radius 1 is 1.45 bits per heavy atom. The molecular formula is C14H15BrN2O2S. The number of thiocarbonyl (C=S) groups is 1. The summed E-state index contributed by atoms with van der Waals surface area (Å²) < 4.78 is 0.958. The molecule has 0 aliphatic carbocycles. The number of carboxylic acid groups (broad SMARTS) is 1. The third kappa shape index (κ3) is 2.76. The van der Waals surface area contributed by atoms with Gasteiger partial charge in [0.1, 0.15) is 5.92 Å². The highest BCUT2D eigenvalue weighted by atomic mass is 79.9. The monoisotopic (exact) mass is 354 g/mol. The van der Waals surface area contributed by atoms with Crippen LogP contribution in [0, 0.1) is 5.92 Å². The Balaban J connectivity index is 2.53. The van der Waals surface area contributed by atoms with Gasteiger partial charge in [0.2, 0.25) is 0 Å². The molecule has 1 aromatic carbocycles. The Kier molecular flexibility index (Phi) is 4.55. The van der Waals surface area contributed by atoms with Crippen LogP contribution in [0.4, 0.5) is 0 Å². The maximum absolute atomic E-state index is 11.6. The van der Waals surface area contributed by atoms with Crippen LogP contribution in [0.3, 0.4) is 0 Å². The standard InChI is InChI=1S/C14H15BrN2O2S/c1-3-17-12(9-4-6-10(15)7-5-9)11(13(18)19)8(2)16-14(17)20/h4-7,11-12H,3H2,1-2H3,(H,18,19). The van der Waals surface area contributed by atoms with Crippen molar-refractivity contribution in [1.29, 1.82) is 0 Å². The summed E-state index contributed by atoms with van der Waals surface area (Å²) >= 11 is 8.67. The van der Waals surface area contributed by atoms with Gasteiger partial charge >= 0.3 is 5.97 Å². The molecule has 1 aliphatic heterocycles. The van der Waals surface area contributed by atoms with E-state index in [4.69, 9.17) is 12.2 Å². The van der Waals surface area contributed by atoms with Crippen LogP contribution < -0.4 is 0 Å². The second kappa shape index (κ2) is 6.01. The summed E-state index contributed by atoms with van der Waals surface area (Å²) in [6, 6.07) is 7.36. The number of aliphatic imine (C=N–C) groups is 1. The number of benzene rings is 1. The SMILES string of the molecule is CCN1C(=S)N=C(C)C(C(=O)O)C1c1ccc(Br)cc1. The fraction of sp³-hybridized carbons (Fsp3) is 0.357. The van der Waals surface area contributed by atoms with Gasteiger partial charge in [-0.1, -0.05) is 28.1 Å². The molecule has 1 aliphatic rings. The van der Waals surface area contributed by atoms with E-state index in [1.807, 2.05) is 36.1 Å². The molecular weight excluding hydrogens is 340 g/mol. The fourth-order valence-electron chi connectivity index (χ4n) is 2.49. The molecule has 0 saturated carbocycles. The van der Waals surface area contributed by atoms with Crippen molar-refractivity contribution in [3.05, 3.63) is 34.3 Å². The average molecular weight is 355 g/mol. The summed E-state index contributed by atoms with van der Waals surface area (Å²) in [7, 11) is 0. The number of rotatable bonds is 3. The number of aliphatic carboxylic acids is 1. The lowest BCUT2D eigenvalue weighted by Gasteiger charge is -2.39. The van der Waals surface area contributed by atoms with Crippen LogP contribution in [0.1, 0.15) is 25.5 Å². The van der Waals surface area contributed by atoms with Crippen LogP contribution >= 0.6 is 28.1 Å². The Bertz CT molecular complexity index is 571. The molecule has 2 unspecified atom stereocenters. The minimum Gasteiger partial charge on any atom is -0.481 e. The van der Waals surface area contributed by atoms with Crippen LogP contribution in [-0.4, -0.2) is 33.3 Å². The molecule has 6 heteroatoms. The third-order valence-electron chi connectivity index (χ3n) is 3.44. The van der Waals surface area contributed by atoms with Crippen molar-refractivity contribution >= 4 is 44.9 Å². The first kappa shape index (κ1) is 15.1. The fourth-order valence-corrected chi connectivity index (χ4v) is 3.14. The van der Waals surface area contributed by atoms with Crippen molar-refractivity contribution in [2.24, 2.45) is 10.9 Å². The maximum atomic E-state index is 11.6. The van der Waals surface area contributed by atoms with Gasteiger partial charge in [-0.15, -0.1) is 0 Å². The van der Waals surface area contributed by atoms with Gasteiger partial charge in [-0.2, -0.15) is 0 Å². The van der Waals surface area contributed by atoms with Crippen molar-refractivity contribution in [3.63, 3.8) is 0 Å². The van der Waals surface area contributed by atoms with Crippen LogP contribution in [-0.2, 0) is 4.79 Å². The molecule has 0 saturated heterocycles. The van der Waals surface area contributed by atoms with Gasteiger partial charge < -0.3 is 10.0 Å². The number of hydrogen-bond donors (Lipinski definition) is 1. The summed E-state index contributed by atoms with van der Waals surface area (Å²) in [5.41, 5.74) is 1.49. The third-order valence-corrected chi connectivity index (χ3v) is 4.29. The number of carbonyl (C=O) groups is 1. The van der Waals surface area contributed by atoms with Crippen molar-refractivity contribution in [2.45, 2.75) is 19.9 Å².